The second-order valence-electron chi connectivity index (χ2n) is 5.00. The van der Waals surface area contributed by atoms with E-state index in [4.69, 9.17) is 5.73 Å². The highest BCUT2D eigenvalue weighted by Gasteiger charge is 2.16. The third-order valence-corrected chi connectivity index (χ3v) is 4.52. The Hall–Kier alpha value is -1.62. The Kier molecular flexibility index (Phi) is 4.06. The van der Waals surface area contributed by atoms with E-state index in [1.165, 1.54) is 5.19 Å². The molecule has 0 unspecified atom stereocenters. The maximum absolute atomic E-state index is 10.6. The van der Waals surface area contributed by atoms with Gasteiger partial charge in [-0.15, -0.1) is 0 Å². The average molecular weight is 249 g/mol. The quantitative estimate of drug-likeness (QED) is 0.477. The van der Waals surface area contributed by atoms with Gasteiger partial charge in [0.1, 0.15) is 0 Å². The molecule has 1 aromatic rings. The van der Waals surface area contributed by atoms with Crippen molar-refractivity contribution in [3.63, 3.8) is 0 Å². The van der Waals surface area contributed by atoms with Crippen molar-refractivity contribution in [1.29, 1.82) is 0 Å². The molecule has 0 saturated carbocycles. The number of benzene rings is 1. The highest BCUT2D eigenvalue weighted by Crippen LogP contribution is 2.06. The molecule has 92 valence electrons. The summed E-state index contributed by atoms with van der Waals surface area (Å²) in [5.41, 5.74) is 8.97. The minimum absolute atomic E-state index is 0.647. The summed E-state index contributed by atoms with van der Waals surface area (Å²) in [6, 6.07) is 7.63. The molecule has 0 fully saturated rings. The Morgan fingerprint density at radius 3 is 2.53 bits per heavy atom. The van der Waals surface area contributed by atoms with Crippen molar-refractivity contribution in [2.75, 3.05) is 0 Å². The maximum atomic E-state index is 10.6. The van der Waals surface area contributed by atoms with E-state index >= 15 is 0 Å². The summed E-state index contributed by atoms with van der Waals surface area (Å²) in [7, 11) is -1.32. The smallest absolute Gasteiger partial charge is 0.332 e. The molecular weight excluding hydrogens is 230 g/mol. The predicted molar refractivity (Wildman–Crippen MR) is 74.4 cm³/mol. The molecule has 5 heteroatoms. The summed E-state index contributed by atoms with van der Waals surface area (Å²) in [4.78, 5) is 10.6. The number of nitrogens with one attached hydrogen (secondary N) is 1. The lowest BCUT2D eigenvalue weighted by atomic mass is 10.1. The lowest BCUT2D eigenvalue weighted by Gasteiger charge is -2.17. The van der Waals surface area contributed by atoms with Gasteiger partial charge in [-0.25, -0.2) is 10.2 Å². The van der Waals surface area contributed by atoms with Crippen LogP contribution in [0.15, 0.2) is 29.4 Å². The van der Waals surface area contributed by atoms with Crippen LogP contribution in [0.5, 0.6) is 0 Å². The SMILES string of the molecule is C/C(=N/NC(N)=O)c1cccc([Si](C)(C)C)c1. The zero-order valence-electron chi connectivity index (χ0n) is 10.7. The Morgan fingerprint density at radius 2 is 2.00 bits per heavy atom. The minimum Gasteiger partial charge on any atom is -0.350 e. The largest absolute Gasteiger partial charge is 0.350 e. The van der Waals surface area contributed by atoms with Crippen LogP contribution in [-0.2, 0) is 0 Å². The number of rotatable bonds is 3. The monoisotopic (exact) mass is 249 g/mol. The van der Waals surface area contributed by atoms with E-state index in [-0.39, 0.29) is 0 Å². The average Bonchev–Trinajstić information content (AvgIpc) is 2.25. The van der Waals surface area contributed by atoms with Crippen LogP contribution in [0.25, 0.3) is 0 Å². The van der Waals surface area contributed by atoms with Crippen molar-refractivity contribution in [1.82, 2.24) is 5.43 Å². The molecule has 0 atom stereocenters. The Bertz CT molecular complexity index is 449. The van der Waals surface area contributed by atoms with Gasteiger partial charge in [0.15, 0.2) is 0 Å². The number of primary amides is 1. The second kappa shape index (κ2) is 5.14. The zero-order chi connectivity index (χ0) is 13.1. The summed E-state index contributed by atoms with van der Waals surface area (Å²) >= 11 is 0. The standard InChI is InChI=1S/C12H19N3OSi/c1-9(14-15-12(13)16)10-6-5-7-11(8-10)17(2,3)4/h5-8H,1-4H3,(H3,13,15,16)/b14-9-. The number of carbonyl (C=O) groups is 1. The predicted octanol–water partition coefficient (Wildman–Crippen LogP) is 1.62. The van der Waals surface area contributed by atoms with Gasteiger partial charge >= 0.3 is 6.03 Å². The molecule has 4 nitrogen and oxygen atoms in total. The topological polar surface area (TPSA) is 67.5 Å². The molecule has 0 radical (unpaired) electrons. The summed E-state index contributed by atoms with van der Waals surface area (Å²) in [5, 5.41) is 5.29. The van der Waals surface area contributed by atoms with Crippen molar-refractivity contribution in [2.45, 2.75) is 26.6 Å². The van der Waals surface area contributed by atoms with Gasteiger partial charge in [0, 0.05) is 0 Å². The molecule has 1 aromatic carbocycles. The number of hydrogen-bond donors (Lipinski definition) is 2. The molecule has 0 bridgehead atoms. The number of nitrogens with zero attached hydrogens (tertiary/aromatic N) is 1. The number of nitrogens with two attached hydrogens (primary N) is 1. The van der Waals surface area contributed by atoms with Gasteiger partial charge < -0.3 is 5.73 Å². The molecule has 2 amide bonds. The molecule has 0 saturated heterocycles. The van der Waals surface area contributed by atoms with Gasteiger partial charge in [-0.05, 0) is 12.5 Å². The highest BCUT2D eigenvalue weighted by atomic mass is 28.3. The van der Waals surface area contributed by atoms with Crippen LogP contribution in [-0.4, -0.2) is 19.8 Å². The molecule has 0 aromatic heterocycles. The first kappa shape index (κ1) is 13.4. The molecule has 0 heterocycles. The molecule has 17 heavy (non-hydrogen) atoms. The molecule has 0 aliphatic carbocycles. The maximum Gasteiger partial charge on any atom is 0.332 e. The number of urea groups is 1. The minimum atomic E-state index is -1.32. The van der Waals surface area contributed by atoms with Gasteiger partial charge in [-0.3, -0.25) is 0 Å². The fourth-order valence-electron chi connectivity index (χ4n) is 1.41. The van der Waals surface area contributed by atoms with E-state index in [9.17, 15) is 4.79 Å². The van der Waals surface area contributed by atoms with Gasteiger partial charge in [-0.1, -0.05) is 49.1 Å². The van der Waals surface area contributed by atoms with E-state index in [1.807, 2.05) is 19.1 Å². The zero-order valence-corrected chi connectivity index (χ0v) is 11.7. The van der Waals surface area contributed by atoms with Crippen molar-refractivity contribution in [3.8, 4) is 0 Å². The van der Waals surface area contributed by atoms with Crippen LogP contribution >= 0.6 is 0 Å². The third-order valence-electron chi connectivity index (χ3n) is 2.48. The van der Waals surface area contributed by atoms with Gasteiger partial charge in [0.25, 0.3) is 0 Å². The number of hydrazone groups is 1. The molecule has 3 N–H and O–H groups in total. The van der Waals surface area contributed by atoms with Gasteiger partial charge in [0.05, 0.1) is 13.8 Å². The first-order valence-corrected chi connectivity index (χ1v) is 9.01. The molecule has 1 rings (SSSR count). The van der Waals surface area contributed by atoms with Crippen molar-refractivity contribution in [2.24, 2.45) is 10.8 Å². The van der Waals surface area contributed by atoms with E-state index in [0.717, 1.165) is 11.3 Å². The lowest BCUT2D eigenvalue weighted by Crippen LogP contribution is -2.37. The number of carbonyl (C=O) groups excluding carboxylic acids is 1. The summed E-state index contributed by atoms with van der Waals surface area (Å²) in [6.07, 6.45) is 0. The van der Waals surface area contributed by atoms with Gasteiger partial charge in [0.2, 0.25) is 0 Å². The highest BCUT2D eigenvalue weighted by molar-refractivity contribution is 6.88. The van der Waals surface area contributed by atoms with E-state index in [0.29, 0.717) is 0 Å². The van der Waals surface area contributed by atoms with Crippen LogP contribution in [0.4, 0.5) is 4.79 Å². The fraction of sp³-hybridized carbons (Fsp3) is 0.333. The van der Waals surface area contributed by atoms with Gasteiger partial charge in [-0.2, -0.15) is 5.10 Å². The normalized spacial score (nSPS) is 12.4. The van der Waals surface area contributed by atoms with Crippen LogP contribution in [0.3, 0.4) is 0 Å². The second-order valence-corrected chi connectivity index (χ2v) is 10.1. The number of amides is 2. The molecule has 0 spiro atoms. The summed E-state index contributed by atoms with van der Waals surface area (Å²) < 4.78 is 0. The van der Waals surface area contributed by atoms with Crippen molar-refractivity contribution >= 4 is 25.0 Å². The third kappa shape index (κ3) is 4.03. The Labute approximate surface area is 103 Å². The van der Waals surface area contributed by atoms with E-state index in [1.54, 1.807) is 0 Å². The Balaban J connectivity index is 3.00. The van der Waals surface area contributed by atoms with Crippen LogP contribution < -0.4 is 16.3 Å². The molecular formula is C12H19N3OSi. The molecule has 0 aliphatic heterocycles. The summed E-state index contributed by atoms with van der Waals surface area (Å²) in [6.45, 7) is 8.72. The van der Waals surface area contributed by atoms with Crippen LogP contribution in [0.1, 0.15) is 12.5 Å². The Morgan fingerprint density at radius 1 is 1.35 bits per heavy atom. The number of hydrogen-bond acceptors (Lipinski definition) is 2. The van der Waals surface area contributed by atoms with Crippen LogP contribution in [0.2, 0.25) is 19.6 Å². The lowest BCUT2D eigenvalue weighted by molar-refractivity contribution is 0.249. The van der Waals surface area contributed by atoms with Crippen molar-refractivity contribution < 1.29 is 4.79 Å². The van der Waals surface area contributed by atoms with Crippen molar-refractivity contribution in [3.05, 3.63) is 29.8 Å². The van der Waals surface area contributed by atoms with E-state index < -0.39 is 14.1 Å². The fourth-order valence-corrected chi connectivity index (χ4v) is 2.60. The van der Waals surface area contributed by atoms with E-state index in [2.05, 4.69) is 42.3 Å². The summed E-state index contributed by atoms with van der Waals surface area (Å²) in [5.74, 6) is 0. The van der Waals surface area contributed by atoms with Crippen LogP contribution in [0, 0.1) is 0 Å². The molecule has 0 aliphatic rings. The first-order valence-electron chi connectivity index (χ1n) is 5.51. The first-order chi connectivity index (χ1) is 7.80.